The van der Waals surface area contributed by atoms with Crippen molar-refractivity contribution in [3.05, 3.63) is 42.5 Å². The van der Waals surface area contributed by atoms with E-state index < -0.39 is 0 Å². The standard InChI is InChI=1S/C21H34N4O.HI/c1-4-13-25-14-11-19(12-15-25)24-21(22-6-3)23-17-18-9-7-8-10-20(18)26-16-5-2;/h5,7-10,19H,2,4,6,11-17H2,1,3H3,(H2,22,23,24);1H. The maximum atomic E-state index is 5.73. The van der Waals surface area contributed by atoms with Gasteiger partial charge in [-0.2, -0.15) is 0 Å². The Morgan fingerprint density at radius 2 is 2.04 bits per heavy atom. The zero-order chi connectivity index (χ0) is 18.6. The van der Waals surface area contributed by atoms with Crippen molar-refractivity contribution >= 4 is 29.9 Å². The second-order valence-electron chi connectivity index (χ2n) is 6.66. The Morgan fingerprint density at radius 3 is 2.70 bits per heavy atom. The number of ether oxygens (including phenoxy) is 1. The molecule has 1 aliphatic heterocycles. The average Bonchev–Trinajstić information content (AvgIpc) is 2.67. The lowest BCUT2D eigenvalue weighted by Gasteiger charge is -2.32. The molecule has 0 bridgehead atoms. The fourth-order valence-electron chi connectivity index (χ4n) is 3.22. The van der Waals surface area contributed by atoms with Crippen molar-refractivity contribution in [2.75, 3.05) is 32.8 Å². The van der Waals surface area contributed by atoms with Crippen LogP contribution in [0.3, 0.4) is 0 Å². The summed E-state index contributed by atoms with van der Waals surface area (Å²) < 4.78 is 5.73. The van der Waals surface area contributed by atoms with Crippen molar-refractivity contribution in [2.45, 2.75) is 45.7 Å². The molecule has 0 amide bonds. The summed E-state index contributed by atoms with van der Waals surface area (Å²) in [6.07, 6.45) is 5.33. The molecule has 0 aromatic heterocycles. The molecular weight excluding hydrogens is 451 g/mol. The molecule has 1 aromatic carbocycles. The molecule has 2 rings (SSSR count). The van der Waals surface area contributed by atoms with Crippen LogP contribution in [0, 0.1) is 0 Å². The third-order valence-corrected chi connectivity index (χ3v) is 4.55. The molecule has 1 saturated heterocycles. The van der Waals surface area contributed by atoms with Gasteiger partial charge in [0, 0.05) is 31.2 Å². The van der Waals surface area contributed by atoms with Gasteiger partial charge in [0.1, 0.15) is 12.4 Å². The average molecular weight is 486 g/mol. The fourth-order valence-corrected chi connectivity index (χ4v) is 3.22. The SMILES string of the molecule is C=CCOc1ccccc1CN=C(NCC)NC1CCN(CCC)CC1.I. The highest BCUT2D eigenvalue weighted by Gasteiger charge is 2.19. The topological polar surface area (TPSA) is 48.9 Å². The lowest BCUT2D eigenvalue weighted by atomic mass is 10.1. The van der Waals surface area contributed by atoms with Gasteiger partial charge in [-0.25, -0.2) is 4.99 Å². The third-order valence-electron chi connectivity index (χ3n) is 4.55. The first-order chi connectivity index (χ1) is 12.8. The summed E-state index contributed by atoms with van der Waals surface area (Å²) in [5, 5.41) is 6.98. The molecule has 1 heterocycles. The zero-order valence-corrected chi connectivity index (χ0v) is 19.1. The minimum Gasteiger partial charge on any atom is -0.489 e. The molecule has 152 valence electrons. The van der Waals surface area contributed by atoms with Gasteiger partial charge in [0.25, 0.3) is 0 Å². The van der Waals surface area contributed by atoms with Crippen LogP contribution in [0.5, 0.6) is 5.75 Å². The number of nitrogens with one attached hydrogen (secondary N) is 2. The number of aliphatic imine (C=N–C) groups is 1. The number of guanidine groups is 1. The Morgan fingerprint density at radius 1 is 1.30 bits per heavy atom. The number of hydrogen-bond acceptors (Lipinski definition) is 3. The Labute approximate surface area is 181 Å². The number of benzene rings is 1. The van der Waals surface area contributed by atoms with E-state index in [-0.39, 0.29) is 24.0 Å². The largest absolute Gasteiger partial charge is 0.489 e. The van der Waals surface area contributed by atoms with Gasteiger partial charge in [0.15, 0.2) is 5.96 Å². The molecular formula is C21H35IN4O. The van der Waals surface area contributed by atoms with Gasteiger partial charge in [0.2, 0.25) is 0 Å². The third kappa shape index (κ3) is 8.51. The second-order valence-corrected chi connectivity index (χ2v) is 6.66. The number of halogens is 1. The Balaban J connectivity index is 0.00000364. The molecule has 0 radical (unpaired) electrons. The summed E-state index contributed by atoms with van der Waals surface area (Å²) in [7, 11) is 0. The molecule has 0 spiro atoms. The van der Waals surface area contributed by atoms with Crippen LogP contribution in [-0.2, 0) is 6.54 Å². The number of likely N-dealkylation sites (tertiary alicyclic amines) is 1. The van der Waals surface area contributed by atoms with Crippen LogP contribution in [0.1, 0.15) is 38.7 Å². The first-order valence-corrected chi connectivity index (χ1v) is 9.85. The minimum absolute atomic E-state index is 0. The van der Waals surface area contributed by atoms with Crippen LogP contribution >= 0.6 is 24.0 Å². The normalized spacial score (nSPS) is 15.7. The van der Waals surface area contributed by atoms with Crippen molar-refractivity contribution in [1.29, 1.82) is 0 Å². The monoisotopic (exact) mass is 486 g/mol. The predicted octanol–water partition coefficient (Wildman–Crippen LogP) is 3.80. The fraction of sp³-hybridized carbons (Fsp3) is 0.571. The summed E-state index contributed by atoms with van der Waals surface area (Å²) in [6, 6.07) is 8.55. The first-order valence-electron chi connectivity index (χ1n) is 9.85. The van der Waals surface area contributed by atoms with Crippen molar-refractivity contribution < 1.29 is 4.74 Å². The Kier molecular flexibility index (Phi) is 12.2. The highest BCUT2D eigenvalue weighted by atomic mass is 127. The maximum absolute atomic E-state index is 5.73. The maximum Gasteiger partial charge on any atom is 0.191 e. The summed E-state index contributed by atoms with van der Waals surface area (Å²) in [6.45, 7) is 13.6. The van der Waals surface area contributed by atoms with E-state index in [1.165, 1.54) is 38.9 Å². The molecule has 27 heavy (non-hydrogen) atoms. The van der Waals surface area contributed by atoms with Crippen LogP contribution in [0.4, 0.5) is 0 Å². The predicted molar refractivity (Wildman–Crippen MR) is 125 cm³/mol. The van der Waals surface area contributed by atoms with E-state index in [1.54, 1.807) is 6.08 Å². The van der Waals surface area contributed by atoms with Gasteiger partial charge < -0.3 is 20.3 Å². The molecule has 0 atom stereocenters. The van der Waals surface area contributed by atoms with Crippen molar-refractivity contribution in [3.8, 4) is 5.75 Å². The molecule has 6 heteroatoms. The van der Waals surface area contributed by atoms with E-state index >= 15 is 0 Å². The quantitative estimate of drug-likeness (QED) is 0.241. The summed E-state index contributed by atoms with van der Waals surface area (Å²) in [5.41, 5.74) is 1.09. The number of nitrogens with zero attached hydrogens (tertiary/aromatic N) is 2. The summed E-state index contributed by atoms with van der Waals surface area (Å²) in [5.74, 6) is 1.76. The van der Waals surface area contributed by atoms with Crippen molar-refractivity contribution in [3.63, 3.8) is 0 Å². The highest BCUT2D eigenvalue weighted by molar-refractivity contribution is 14.0. The molecule has 1 fully saturated rings. The molecule has 1 aliphatic rings. The molecule has 0 aliphatic carbocycles. The summed E-state index contributed by atoms with van der Waals surface area (Å²) in [4.78, 5) is 7.33. The molecule has 5 nitrogen and oxygen atoms in total. The van der Waals surface area contributed by atoms with Crippen LogP contribution in [-0.4, -0.2) is 49.7 Å². The first kappa shape index (κ1) is 23.8. The van der Waals surface area contributed by atoms with E-state index in [9.17, 15) is 0 Å². The van der Waals surface area contributed by atoms with Crippen molar-refractivity contribution in [2.24, 2.45) is 4.99 Å². The van der Waals surface area contributed by atoms with Gasteiger partial charge >= 0.3 is 0 Å². The highest BCUT2D eigenvalue weighted by Crippen LogP contribution is 2.19. The number of piperidine rings is 1. The summed E-state index contributed by atoms with van der Waals surface area (Å²) >= 11 is 0. The lowest BCUT2D eigenvalue weighted by Crippen LogP contribution is -2.48. The van der Waals surface area contributed by atoms with Crippen molar-refractivity contribution in [1.82, 2.24) is 15.5 Å². The molecule has 2 N–H and O–H groups in total. The van der Waals surface area contributed by atoms with Gasteiger partial charge in [-0.05, 0) is 38.8 Å². The van der Waals surface area contributed by atoms with E-state index in [1.807, 2.05) is 18.2 Å². The van der Waals surface area contributed by atoms with E-state index in [2.05, 4.69) is 42.0 Å². The minimum atomic E-state index is 0. The number of rotatable bonds is 9. The Bertz CT molecular complexity index is 571. The van der Waals surface area contributed by atoms with Gasteiger partial charge in [-0.1, -0.05) is 37.8 Å². The number of hydrogen-bond donors (Lipinski definition) is 2. The van der Waals surface area contributed by atoms with Gasteiger partial charge in [-0.3, -0.25) is 0 Å². The molecule has 0 saturated carbocycles. The molecule has 0 unspecified atom stereocenters. The van der Waals surface area contributed by atoms with E-state index in [0.717, 1.165) is 23.8 Å². The van der Waals surface area contributed by atoms with Crippen LogP contribution in [0.25, 0.3) is 0 Å². The van der Waals surface area contributed by atoms with Gasteiger partial charge in [0.05, 0.1) is 6.54 Å². The van der Waals surface area contributed by atoms with Crippen LogP contribution in [0.2, 0.25) is 0 Å². The lowest BCUT2D eigenvalue weighted by molar-refractivity contribution is 0.206. The molecule has 1 aromatic rings. The Hall–Kier alpha value is -1.28. The zero-order valence-electron chi connectivity index (χ0n) is 16.7. The number of para-hydroxylation sites is 1. The van der Waals surface area contributed by atoms with Gasteiger partial charge in [-0.15, -0.1) is 24.0 Å². The second kappa shape index (κ2) is 13.8. The van der Waals surface area contributed by atoms with Crippen LogP contribution in [0.15, 0.2) is 41.9 Å². The van der Waals surface area contributed by atoms with Crippen LogP contribution < -0.4 is 15.4 Å². The van der Waals surface area contributed by atoms with E-state index in [0.29, 0.717) is 19.2 Å². The smallest absolute Gasteiger partial charge is 0.191 e. The van der Waals surface area contributed by atoms with E-state index in [4.69, 9.17) is 9.73 Å².